The zero-order chi connectivity index (χ0) is 13.7. The number of nitro groups is 1. The van der Waals surface area contributed by atoms with Crippen molar-refractivity contribution in [1.29, 1.82) is 0 Å². The van der Waals surface area contributed by atoms with Crippen LogP contribution in [0, 0.1) is 21.7 Å². The highest BCUT2D eigenvalue weighted by Gasteiger charge is 2.22. The lowest BCUT2D eigenvalue weighted by molar-refractivity contribution is -0.384. The van der Waals surface area contributed by atoms with E-state index in [-0.39, 0.29) is 13.0 Å². The lowest BCUT2D eigenvalue weighted by Gasteiger charge is -2.07. The number of carbonyl (C=O) groups is 1. The predicted octanol–water partition coefficient (Wildman–Crippen LogP) is 1.55. The molecule has 1 aromatic carbocycles. The molecule has 0 fully saturated rings. The minimum atomic E-state index is -1.45. The van der Waals surface area contributed by atoms with E-state index in [9.17, 15) is 23.7 Å². The first-order valence-corrected chi connectivity index (χ1v) is 5.09. The van der Waals surface area contributed by atoms with Gasteiger partial charge >= 0.3 is 0 Å². The van der Waals surface area contributed by atoms with Gasteiger partial charge in [0.2, 0.25) is 5.91 Å². The fraction of sp³-hybridized carbons (Fsp3) is 0.300. The number of hydrogen-bond acceptors (Lipinski definition) is 4. The second-order valence-corrected chi connectivity index (χ2v) is 3.45. The van der Waals surface area contributed by atoms with Crippen LogP contribution in [0.4, 0.5) is 20.2 Å². The summed E-state index contributed by atoms with van der Waals surface area (Å²) < 4.78 is 26.3. The number of nitrogens with one attached hydrogen (secondary N) is 1. The molecule has 0 aliphatic rings. The normalized spacial score (nSPS) is 10.2. The second-order valence-electron chi connectivity index (χ2n) is 3.45. The van der Waals surface area contributed by atoms with Gasteiger partial charge in [0.1, 0.15) is 0 Å². The predicted molar refractivity (Wildman–Crippen MR) is 59.9 cm³/mol. The number of halogens is 2. The Morgan fingerprint density at radius 3 is 2.67 bits per heavy atom. The molecule has 3 N–H and O–H groups in total. The maximum atomic E-state index is 13.4. The van der Waals surface area contributed by atoms with Crippen molar-refractivity contribution in [3.05, 3.63) is 33.9 Å². The topological polar surface area (TPSA) is 98.3 Å². The minimum absolute atomic E-state index is 0.0242. The van der Waals surface area contributed by atoms with Gasteiger partial charge in [0, 0.05) is 12.5 Å². The molecule has 0 aromatic heterocycles. The molecule has 0 saturated heterocycles. The molecule has 1 rings (SSSR count). The van der Waals surface area contributed by atoms with E-state index in [0.29, 0.717) is 12.5 Å². The molecule has 6 nitrogen and oxygen atoms in total. The molecule has 1 aromatic rings. The van der Waals surface area contributed by atoms with E-state index in [1.54, 1.807) is 0 Å². The van der Waals surface area contributed by atoms with Crippen LogP contribution in [-0.2, 0) is 4.79 Å². The standard InChI is InChI=1S/C10H11F2N3O3/c11-6-3-4-7(15(17)18)10(9(6)12)14-8(16)2-1-5-13/h3-4H,1-2,5,13H2,(H,14,16). The minimum Gasteiger partial charge on any atom is -0.330 e. The molecule has 8 heteroatoms. The summed E-state index contributed by atoms with van der Waals surface area (Å²) in [5.41, 5.74) is 3.72. The van der Waals surface area contributed by atoms with Crippen molar-refractivity contribution < 1.29 is 18.5 Å². The number of amides is 1. The number of anilines is 1. The van der Waals surface area contributed by atoms with Crippen molar-refractivity contribution in [3.8, 4) is 0 Å². The maximum Gasteiger partial charge on any atom is 0.296 e. The summed E-state index contributed by atoms with van der Waals surface area (Å²) in [4.78, 5) is 21.1. The van der Waals surface area contributed by atoms with Crippen LogP contribution < -0.4 is 11.1 Å². The van der Waals surface area contributed by atoms with Gasteiger partial charge in [0.15, 0.2) is 17.3 Å². The molecular formula is C10H11F2N3O3. The number of nitro benzene ring substituents is 1. The molecule has 0 spiro atoms. The number of benzene rings is 1. The van der Waals surface area contributed by atoms with Crippen molar-refractivity contribution in [2.75, 3.05) is 11.9 Å². The van der Waals surface area contributed by atoms with Crippen LogP contribution in [0.5, 0.6) is 0 Å². The van der Waals surface area contributed by atoms with E-state index < -0.39 is 33.8 Å². The fourth-order valence-electron chi connectivity index (χ4n) is 1.28. The monoisotopic (exact) mass is 259 g/mol. The van der Waals surface area contributed by atoms with Gasteiger partial charge in [-0.2, -0.15) is 0 Å². The summed E-state index contributed by atoms with van der Waals surface area (Å²) >= 11 is 0. The van der Waals surface area contributed by atoms with Gasteiger partial charge in [-0.05, 0) is 19.0 Å². The average Bonchev–Trinajstić information content (AvgIpc) is 2.32. The van der Waals surface area contributed by atoms with Gasteiger partial charge in [0.05, 0.1) is 4.92 Å². The van der Waals surface area contributed by atoms with Crippen LogP contribution >= 0.6 is 0 Å². The SMILES string of the molecule is NCCCC(=O)Nc1c([N+](=O)[O-])ccc(F)c1F. The van der Waals surface area contributed by atoms with Crippen molar-refractivity contribution in [2.24, 2.45) is 5.73 Å². The summed E-state index contributed by atoms with van der Waals surface area (Å²) in [6, 6.07) is 1.42. The number of nitrogens with zero attached hydrogens (tertiary/aromatic N) is 1. The molecule has 0 atom stereocenters. The van der Waals surface area contributed by atoms with Gasteiger partial charge in [-0.15, -0.1) is 0 Å². The number of nitrogens with two attached hydrogens (primary N) is 1. The summed E-state index contributed by atoms with van der Waals surface area (Å²) in [5, 5.41) is 12.6. The Kier molecular flexibility index (Phi) is 4.67. The van der Waals surface area contributed by atoms with E-state index in [1.165, 1.54) is 0 Å². The Hall–Kier alpha value is -2.09. The van der Waals surface area contributed by atoms with Crippen molar-refractivity contribution in [3.63, 3.8) is 0 Å². The Morgan fingerprint density at radius 2 is 2.11 bits per heavy atom. The third-order valence-electron chi connectivity index (χ3n) is 2.14. The Bertz CT molecular complexity index is 480. The molecular weight excluding hydrogens is 248 g/mol. The summed E-state index contributed by atoms with van der Waals surface area (Å²) in [5.74, 6) is -3.38. The van der Waals surface area contributed by atoms with E-state index >= 15 is 0 Å². The molecule has 0 aliphatic carbocycles. The van der Waals surface area contributed by atoms with Crippen molar-refractivity contribution in [1.82, 2.24) is 0 Å². The van der Waals surface area contributed by atoms with Crippen LogP contribution in [0.2, 0.25) is 0 Å². The van der Waals surface area contributed by atoms with Crippen molar-refractivity contribution >= 4 is 17.3 Å². The molecule has 0 heterocycles. The summed E-state index contributed by atoms with van der Waals surface area (Å²) in [7, 11) is 0. The highest BCUT2D eigenvalue weighted by atomic mass is 19.2. The molecule has 0 unspecified atom stereocenters. The number of hydrogen-bond donors (Lipinski definition) is 2. The third kappa shape index (κ3) is 3.20. The van der Waals surface area contributed by atoms with E-state index in [0.717, 1.165) is 6.07 Å². The van der Waals surface area contributed by atoms with Gasteiger partial charge in [-0.25, -0.2) is 8.78 Å². The summed E-state index contributed by atoms with van der Waals surface area (Å²) in [6.07, 6.45) is 0.320. The Balaban J connectivity index is 3.02. The van der Waals surface area contributed by atoms with Gasteiger partial charge in [-0.1, -0.05) is 0 Å². The zero-order valence-corrected chi connectivity index (χ0v) is 9.28. The largest absolute Gasteiger partial charge is 0.330 e. The highest BCUT2D eigenvalue weighted by molar-refractivity contribution is 5.93. The zero-order valence-electron chi connectivity index (χ0n) is 9.28. The van der Waals surface area contributed by atoms with Crippen LogP contribution in [0.25, 0.3) is 0 Å². The van der Waals surface area contributed by atoms with E-state index in [2.05, 4.69) is 0 Å². The number of rotatable bonds is 5. The first-order chi connectivity index (χ1) is 8.47. The second kappa shape index (κ2) is 6.01. The first-order valence-electron chi connectivity index (χ1n) is 5.09. The van der Waals surface area contributed by atoms with E-state index in [1.807, 2.05) is 5.32 Å². The van der Waals surface area contributed by atoms with E-state index in [4.69, 9.17) is 5.73 Å². The molecule has 18 heavy (non-hydrogen) atoms. The molecule has 0 aliphatic heterocycles. The van der Waals surface area contributed by atoms with Crippen LogP contribution in [0.1, 0.15) is 12.8 Å². The van der Waals surface area contributed by atoms with Crippen LogP contribution in [-0.4, -0.2) is 17.4 Å². The third-order valence-corrected chi connectivity index (χ3v) is 2.14. The smallest absolute Gasteiger partial charge is 0.296 e. The first kappa shape index (κ1) is 14.0. The van der Waals surface area contributed by atoms with Crippen molar-refractivity contribution in [2.45, 2.75) is 12.8 Å². The molecule has 0 bridgehead atoms. The lowest BCUT2D eigenvalue weighted by atomic mass is 10.2. The highest BCUT2D eigenvalue weighted by Crippen LogP contribution is 2.29. The van der Waals surface area contributed by atoms with Crippen LogP contribution in [0.15, 0.2) is 12.1 Å². The quantitative estimate of drug-likeness (QED) is 0.619. The Labute approximate surface area is 101 Å². The van der Waals surface area contributed by atoms with Gasteiger partial charge in [-0.3, -0.25) is 14.9 Å². The van der Waals surface area contributed by atoms with Gasteiger partial charge < -0.3 is 11.1 Å². The molecule has 1 amide bonds. The maximum absolute atomic E-state index is 13.4. The lowest BCUT2D eigenvalue weighted by Crippen LogP contribution is -2.16. The average molecular weight is 259 g/mol. The molecule has 0 radical (unpaired) electrons. The summed E-state index contributed by atoms with van der Waals surface area (Å²) in [6.45, 7) is 0.251. The Morgan fingerprint density at radius 1 is 1.44 bits per heavy atom. The van der Waals surface area contributed by atoms with Crippen LogP contribution in [0.3, 0.4) is 0 Å². The fourth-order valence-corrected chi connectivity index (χ4v) is 1.28. The molecule has 0 saturated carbocycles. The van der Waals surface area contributed by atoms with Gasteiger partial charge in [0.25, 0.3) is 5.69 Å². The molecule has 98 valence electrons. The number of carbonyl (C=O) groups excluding carboxylic acids is 1.